The molecule has 5 nitrogen and oxygen atoms in total. The van der Waals surface area contributed by atoms with Gasteiger partial charge in [-0.15, -0.1) is 11.8 Å². The van der Waals surface area contributed by atoms with Crippen LogP contribution in [0.3, 0.4) is 0 Å². The van der Waals surface area contributed by atoms with Crippen molar-refractivity contribution >= 4 is 35.2 Å². The van der Waals surface area contributed by atoms with E-state index in [1.165, 1.54) is 35.0 Å². The van der Waals surface area contributed by atoms with E-state index in [2.05, 4.69) is 4.98 Å². The Morgan fingerprint density at radius 2 is 2.33 bits per heavy atom. The van der Waals surface area contributed by atoms with Crippen molar-refractivity contribution < 1.29 is 14.7 Å². The molecule has 1 aromatic rings. The zero-order valence-electron chi connectivity index (χ0n) is 9.54. The van der Waals surface area contributed by atoms with Crippen molar-refractivity contribution in [2.24, 2.45) is 0 Å². The van der Waals surface area contributed by atoms with E-state index >= 15 is 0 Å². The van der Waals surface area contributed by atoms with E-state index < -0.39 is 12.0 Å². The summed E-state index contributed by atoms with van der Waals surface area (Å²) < 4.78 is 0. The molecule has 96 valence electrons. The molecule has 0 saturated carbocycles. The van der Waals surface area contributed by atoms with E-state index in [4.69, 9.17) is 16.7 Å². The van der Waals surface area contributed by atoms with Crippen molar-refractivity contribution in [3.05, 3.63) is 29.0 Å². The number of rotatable bonds is 2. The van der Waals surface area contributed by atoms with Gasteiger partial charge in [0.25, 0.3) is 5.91 Å². The number of aromatic nitrogens is 1. The third kappa shape index (κ3) is 2.44. The van der Waals surface area contributed by atoms with Crippen molar-refractivity contribution in [2.75, 3.05) is 5.75 Å². The van der Waals surface area contributed by atoms with Crippen LogP contribution in [0.25, 0.3) is 0 Å². The van der Waals surface area contributed by atoms with E-state index in [1.54, 1.807) is 0 Å². The number of hydrogen-bond donors (Lipinski definition) is 1. The van der Waals surface area contributed by atoms with Gasteiger partial charge in [0.2, 0.25) is 0 Å². The van der Waals surface area contributed by atoms with Crippen LogP contribution in [-0.4, -0.2) is 44.0 Å². The smallest absolute Gasteiger partial charge is 0.327 e. The second kappa shape index (κ2) is 5.16. The van der Waals surface area contributed by atoms with Gasteiger partial charge in [-0.1, -0.05) is 11.6 Å². The van der Waals surface area contributed by atoms with Gasteiger partial charge in [-0.25, -0.2) is 9.78 Å². The summed E-state index contributed by atoms with van der Waals surface area (Å²) in [5, 5.41) is 9.16. The molecule has 2 atom stereocenters. The van der Waals surface area contributed by atoms with Crippen molar-refractivity contribution in [1.29, 1.82) is 0 Å². The van der Waals surface area contributed by atoms with Crippen molar-refractivity contribution in [3.63, 3.8) is 0 Å². The molecule has 1 fully saturated rings. The van der Waals surface area contributed by atoms with E-state index in [9.17, 15) is 9.59 Å². The summed E-state index contributed by atoms with van der Waals surface area (Å²) in [6.45, 7) is 1.81. The number of thioether (sulfide) groups is 1. The molecule has 1 aromatic heterocycles. The lowest BCUT2D eigenvalue weighted by Gasteiger charge is -2.25. The summed E-state index contributed by atoms with van der Waals surface area (Å²) in [7, 11) is 0. The molecule has 2 rings (SSSR count). The van der Waals surface area contributed by atoms with Crippen LogP contribution >= 0.6 is 23.4 Å². The van der Waals surface area contributed by atoms with Crippen LogP contribution in [0, 0.1) is 0 Å². The zero-order valence-corrected chi connectivity index (χ0v) is 11.1. The van der Waals surface area contributed by atoms with Crippen LogP contribution in [0.5, 0.6) is 0 Å². The van der Waals surface area contributed by atoms with Gasteiger partial charge < -0.3 is 10.0 Å². The minimum atomic E-state index is -0.986. The van der Waals surface area contributed by atoms with Gasteiger partial charge in [0.1, 0.15) is 11.2 Å². The first-order chi connectivity index (χ1) is 8.50. The van der Waals surface area contributed by atoms with Gasteiger partial charge in [0.05, 0.1) is 5.37 Å². The number of amides is 1. The van der Waals surface area contributed by atoms with Gasteiger partial charge in [-0.05, 0) is 19.1 Å². The first kappa shape index (κ1) is 13.2. The third-order valence-corrected chi connectivity index (χ3v) is 4.14. The Morgan fingerprint density at radius 3 is 2.94 bits per heavy atom. The average Bonchev–Trinajstić information content (AvgIpc) is 2.70. The molecular formula is C11H11ClN2O3S. The van der Waals surface area contributed by atoms with Gasteiger partial charge >= 0.3 is 5.97 Å². The van der Waals surface area contributed by atoms with E-state index in [0.717, 1.165) is 0 Å². The number of halogens is 1. The lowest BCUT2D eigenvalue weighted by atomic mass is 10.2. The number of aliphatic carboxylic acids is 1. The second-order valence-electron chi connectivity index (χ2n) is 3.87. The maximum Gasteiger partial charge on any atom is 0.327 e. The molecule has 1 N–H and O–H groups in total. The second-order valence-corrected chi connectivity index (χ2v) is 5.60. The highest BCUT2D eigenvalue weighted by atomic mass is 35.5. The summed E-state index contributed by atoms with van der Waals surface area (Å²) in [5.74, 6) is -0.911. The topological polar surface area (TPSA) is 70.5 Å². The predicted octanol–water partition coefficient (Wildman–Crippen LogP) is 1.72. The Bertz CT molecular complexity index is 497. The molecule has 0 bridgehead atoms. The van der Waals surface area contributed by atoms with Crippen LogP contribution in [-0.2, 0) is 4.79 Å². The van der Waals surface area contributed by atoms with E-state index in [-0.39, 0.29) is 16.4 Å². The summed E-state index contributed by atoms with van der Waals surface area (Å²) in [6, 6.07) is 2.19. The Morgan fingerprint density at radius 1 is 1.61 bits per heavy atom. The Hall–Kier alpha value is -1.27. The molecule has 2 unspecified atom stereocenters. The molecule has 1 aliphatic heterocycles. The fourth-order valence-electron chi connectivity index (χ4n) is 1.83. The molecular weight excluding hydrogens is 276 g/mol. The monoisotopic (exact) mass is 286 g/mol. The maximum absolute atomic E-state index is 12.3. The molecule has 2 heterocycles. The number of carbonyl (C=O) groups excluding carboxylic acids is 1. The highest BCUT2D eigenvalue weighted by Crippen LogP contribution is 2.30. The van der Waals surface area contributed by atoms with Crippen LogP contribution in [0.2, 0.25) is 5.15 Å². The van der Waals surface area contributed by atoms with Crippen LogP contribution in [0.1, 0.15) is 17.3 Å². The Kier molecular flexibility index (Phi) is 3.77. The number of carboxylic acids is 1. The molecule has 1 saturated heterocycles. The standard InChI is InChI=1S/C11H11ClN2O3S/c1-6-14(8(5-18-6)11(16)17)10(15)7-2-3-13-9(12)4-7/h2-4,6,8H,5H2,1H3,(H,16,17). The molecule has 0 aromatic carbocycles. The average molecular weight is 287 g/mol. The summed E-state index contributed by atoms with van der Waals surface area (Å²) in [5.41, 5.74) is 0.357. The quantitative estimate of drug-likeness (QED) is 0.838. The highest BCUT2D eigenvalue weighted by molar-refractivity contribution is 8.00. The lowest BCUT2D eigenvalue weighted by molar-refractivity contribution is -0.141. The number of carbonyl (C=O) groups is 2. The summed E-state index contributed by atoms with van der Waals surface area (Å²) >= 11 is 7.17. The van der Waals surface area contributed by atoms with E-state index in [1.807, 2.05) is 6.92 Å². The van der Waals surface area contributed by atoms with Gasteiger partial charge in [-0.3, -0.25) is 4.79 Å². The molecule has 1 amide bonds. The van der Waals surface area contributed by atoms with Crippen LogP contribution in [0.4, 0.5) is 0 Å². The highest BCUT2D eigenvalue weighted by Gasteiger charge is 2.39. The maximum atomic E-state index is 12.3. The SMILES string of the molecule is CC1SCC(C(=O)O)N1C(=O)c1ccnc(Cl)c1. The first-order valence-corrected chi connectivity index (χ1v) is 6.72. The predicted molar refractivity (Wildman–Crippen MR) is 68.8 cm³/mol. The number of hydrogen-bond acceptors (Lipinski definition) is 4. The van der Waals surface area contributed by atoms with Crippen LogP contribution in [0.15, 0.2) is 18.3 Å². The number of nitrogens with zero attached hydrogens (tertiary/aromatic N) is 2. The Balaban J connectivity index is 2.29. The summed E-state index contributed by atoms with van der Waals surface area (Å²) in [4.78, 5) is 28.6. The zero-order chi connectivity index (χ0) is 13.3. The van der Waals surface area contributed by atoms with Gasteiger partial charge in [0.15, 0.2) is 0 Å². The largest absolute Gasteiger partial charge is 0.480 e. The molecule has 0 aliphatic carbocycles. The molecule has 1 aliphatic rings. The molecule has 0 spiro atoms. The fraction of sp³-hybridized carbons (Fsp3) is 0.364. The van der Waals surface area contributed by atoms with Gasteiger partial charge in [0, 0.05) is 17.5 Å². The van der Waals surface area contributed by atoms with Crippen LogP contribution < -0.4 is 0 Å². The number of carboxylic acid groups (broad SMARTS) is 1. The summed E-state index contributed by atoms with van der Waals surface area (Å²) in [6.07, 6.45) is 1.43. The normalized spacial score (nSPS) is 23.1. The number of pyridine rings is 1. The van der Waals surface area contributed by atoms with Crippen molar-refractivity contribution in [3.8, 4) is 0 Å². The minimum Gasteiger partial charge on any atom is -0.480 e. The van der Waals surface area contributed by atoms with Gasteiger partial charge in [-0.2, -0.15) is 0 Å². The third-order valence-electron chi connectivity index (χ3n) is 2.72. The lowest BCUT2D eigenvalue weighted by Crippen LogP contribution is -2.44. The fourth-order valence-corrected chi connectivity index (χ4v) is 3.17. The minimum absolute atomic E-state index is 0.162. The molecule has 7 heteroatoms. The van der Waals surface area contributed by atoms with Crippen molar-refractivity contribution in [1.82, 2.24) is 9.88 Å². The first-order valence-electron chi connectivity index (χ1n) is 5.29. The Labute approximate surface area is 113 Å². The molecule has 18 heavy (non-hydrogen) atoms. The van der Waals surface area contributed by atoms with Crippen molar-refractivity contribution in [2.45, 2.75) is 18.3 Å². The van der Waals surface area contributed by atoms with E-state index in [0.29, 0.717) is 11.3 Å². The molecule has 0 radical (unpaired) electrons.